The molecule has 0 spiro atoms. The minimum atomic E-state index is 0.268. The number of hydrogen-bond donors (Lipinski definition) is 0. The van der Waals surface area contributed by atoms with E-state index in [4.69, 9.17) is 23.4 Å². The van der Waals surface area contributed by atoms with Gasteiger partial charge in [0.1, 0.15) is 0 Å². The lowest BCUT2D eigenvalue weighted by Gasteiger charge is -2.07. The first-order valence-corrected chi connectivity index (χ1v) is 8.82. The van der Waals surface area contributed by atoms with Gasteiger partial charge in [-0.1, -0.05) is 17.8 Å². The molecule has 7 nitrogen and oxygen atoms in total. The third-order valence-electron chi connectivity index (χ3n) is 3.84. The molecule has 0 saturated carbocycles. The van der Waals surface area contributed by atoms with Gasteiger partial charge in [-0.3, -0.25) is 0 Å². The summed E-state index contributed by atoms with van der Waals surface area (Å²) in [5, 5.41) is 8.70. The molecule has 0 aliphatic carbocycles. The highest BCUT2D eigenvalue weighted by atomic mass is 32.2. The fourth-order valence-electron chi connectivity index (χ4n) is 2.53. The number of ether oxygens (including phenoxy) is 4. The van der Waals surface area contributed by atoms with E-state index in [2.05, 4.69) is 10.2 Å². The zero-order chi connectivity index (χ0) is 17.9. The third-order valence-corrected chi connectivity index (χ3v) is 4.73. The Balaban J connectivity index is 1.46. The van der Waals surface area contributed by atoms with Crippen molar-refractivity contribution in [1.82, 2.24) is 10.2 Å². The number of fused-ring (bicyclic) bond motifs is 1. The van der Waals surface area contributed by atoms with Crippen LogP contribution in [0.15, 0.2) is 46.0 Å². The number of nitrogens with zero attached hydrogens (tertiary/aromatic N) is 2. The van der Waals surface area contributed by atoms with Crippen LogP contribution in [0.25, 0.3) is 11.5 Å². The van der Waals surface area contributed by atoms with Crippen LogP contribution in [0.5, 0.6) is 23.0 Å². The monoisotopic (exact) mass is 372 g/mol. The van der Waals surface area contributed by atoms with Crippen LogP contribution >= 0.6 is 11.8 Å². The zero-order valence-electron chi connectivity index (χ0n) is 14.2. The maximum atomic E-state index is 5.75. The lowest BCUT2D eigenvalue weighted by Crippen LogP contribution is -1.92. The number of methoxy groups -OCH3 is 2. The largest absolute Gasteiger partial charge is 0.493 e. The summed E-state index contributed by atoms with van der Waals surface area (Å²) < 4.78 is 27.0. The number of rotatable bonds is 6. The Morgan fingerprint density at radius 1 is 0.962 bits per heavy atom. The fourth-order valence-corrected chi connectivity index (χ4v) is 3.24. The van der Waals surface area contributed by atoms with Crippen molar-refractivity contribution < 1.29 is 23.4 Å². The summed E-state index contributed by atoms with van der Waals surface area (Å²) >= 11 is 1.46. The minimum Gasteiger partial charge on any atom is -0.493 e. The second-order valence-electron chi connectivity index (χ2n) is 5.42. The van der Waals surface area contributed by atoms with Gasteiger partial charge in [0.25, 0.3) is 5.22 Å². The molecule has 0 saturated heterocycles. The van der Waals surface area contributed by atoms with E-state index in [1.54, 1.807) is 26.4 Å². The predicted molar refractivity (Wildman–Crippen MR) is 95.0 cm³/mol. The van der Waals surface area contributed by atoms with Crippen molar-refractivity contribution in [3.8, 4) is 34.5 Å². The Bertz CT molecular complexity index is 928. The van der Waals surface area contributed by atoms with Gasteiger partial charge in [-0.05, 0) is 35.9 Å². The summed E-state index contributed by atoms with van der Waals surface area (Å²) in [7, 11) is 3.18. The quantitative estimate of drug-likeness (QED) is 0.605. The van der Waals surface area contributed by atoms with E-state index < -0.39 is 0 Å². The van der Waals surface area contributed by atoms with Crippen LogP contribution in [0, 0.1) is 0 Å². The standard InChI is InChI=1S/C18H16N2O5S/c1-21-13-6-4-12(8-15(13)22-2)17-19-20-18(25-17)26-9-11-3-5-14-16(7-11)24-10-23-14/h3-8H,9-10H2,1-2H3. The van der Waals surface area contributed by atoms with Crippen molar-refractivity contribution in [1.29, 1.82) is 0 Å². The van der Waals surface area contributed by atoms with Gasteiger partial charge in [0, 0.05) is 11.3 Å². The second-order valence-corrected chi connectivity index (χ2v) is 6.35. The molecule has 1 aromatic heterocycles. The number of aromatic nitrogens is 2. The summed E-state index contributed by atoms with van der Waals surface area (Å²) in [6.07, 6.45) is 0. The summed E-state index contributed by atoms with van der Waals surface area (Å²) in [4.78, 5) is 0. The molecular weight excluding hydrogens is 356 g/mol. The molecule has 8 heteroatoms. The van der Waals surface area contributed by atoms with E-state index >= 15 is 0 Å². The Morgan fingerprint density at radius 3 is 2.65 bits per heavy atom. The molecule has 1 aliphatic rings. The average molecular weight is 372 g/mol. The molecule has 2 heterocycles. The van der Waals surface area contributed by atoms with Crippen molar-refractivity contribution in [2.75, 3.05) is 21.0 Å². The van der Waals surface area contributed by atoms with E-state index in [-0.39, 0.29) is 6.79 Å². The Morgan fingerprint density at radius 2 is 1.81 bits per heavy atom. The van der Waals surface area contributed by atoms with Gasteiger partial charge in [-0.15, -0.1) is 10.2 Å². The summed E-state index contributed by atoms with van der Waals surface area (Å²) in [5.74, 6) is 3.90. The topological polar surface area (TPSA) is 75.8 Å². The molecule has 0 bridgehead atoms. The molecule has 0 amide bonds. The molecule has 2 aromatic carbocycles. The van der Waals surface area contributed by atoms with Gasteiger partial charge in [0.05, 0.1) is 14.2 Å². The van der Waals surface area contributed by atoms with Crippen molar-refractivity contribution in [2.45, 2.75) is 11.0 Å². The van der Waals surface area contributed by atoms with E-state index in [0.29, 0.717) is 28.4 Å². The first-order chi connectivity index (χ1) is 12.8. The smallest absolute Gasteiger partial charge is 0.277 e. The van der Waals surface area contributed by atoms with Crippen LogP contribution < -0.4 is 18.9 Å². The number of hydrogen-bond acceptors (Lipinski definition) is 8. The summed E-state index contributed by atoms with van der Waals surface area (Å²) in [6, 6.07) is 11.3. The Kier molecular flexibility index (Phi) is 4.57. The maximum Gasteiger partial charge on any atom is 0.277 e. The molecule has 3 aromatic rings. The van der Waals surface area contributed by atoms with Gasteiger partial charge in [-0.2, -0.15) is 0 Å². The van der Waals surface area contributed by atoms with E-state index in [0.717, 1.165) is 22.6 Å². The van der Waals surface area contributed by atoms with E-state index in [1.807, 2.05) is 24.3 Å². The van der Waals surface area contributed by atoms with Gasteiger partial charge < -0.3 is 23.4 Å². The second kappa shape index (κ2) is 7.17. The molecule has 0 N–H and O–H groups in total. The Hall–Kier alpha value is -2.87. The first kappa shape index (κ1) is 16.6. The van der Waals surface area contributed by atoms with Crippen molar-refractivity contribution in [3.05, 3.63) is 42.0 Å². The molecule has 26 heavy (non-hydrogen) atoms. The van der Waals surface area contributed by atoms with Gasteiger partial charge in [-0.25, -0.2) is 0 Å². The van der Waals surface area contributed by atoms with Crippen LogP contribution in [0.2, 0.25) is 0 Å². The summed E-state index contributed by atoms with van der Waals surface area (Å²) in [5.41, 5.74) is 1.86. The summed E-state index contributed by atoms with van der Waals surface area (Å²) in [6.45, 7) is 0.268. The van der Waals surface area contributed by atoms with Crippen LogP contribution in [0.3, 0.4) is 0 Å². The lowest BCUT2D eigenvalue weighted by atomic mass is 10.2. The van der Waals surface area contributed by atoms with Gasteiger partial charge in [0.2, 0.25) is 12.7 Å². The zero-order valence-corrected chi connectivity index (χ0v) is 15.0. The van der Waals surface area contributed by atoms with Gasteiger partial charge >= 0.3 is 0 Å². The van der Waals surface area contributed by atoms with Crippen molar-refractivity contribution in [3.63, 3.8) is 0 Å². The minimum absolute atomic E-state index is 0.268. The SMILES string of the molecule is COc1ccc(-c2nnc(SCc3ccc4c(c3)OCO4)o2)cc1OC. The maximum absolute atomic E-state index is 5.75. The van der Waals surface area contributed by atoms with Crippen LogP contribution in [0.4, 0.5) is 0 Å². The molecule has 4 rings (SSSR count). The Labute approximate surface area is 154 Å². The molecule has 1 aliphatic heterocycles. The third kappa shape index (κ3) is 3.28. The van der Waals surface area contributed by atoms with Crippen molar-refractivity contribution >= 4 is 11.8 Å². The molecule has 0 radical (unpaired) electrons. The van der Waals surface area contributed by atoms with Gasteiger partial charge in [0.15, 0.2) is 23.0 Å². The van der Waals surface area contributed by atoms with E-state index in [1.165, 1.54) is 11.8 Å². The number of benzene rings is 2. The molecule has 0 fully saturated rings. The average Bonchev–Trinajstić information content (AvgIpc) is 3.34. The fraction of sp³-hybridized carbons (Fsp3) is 0.222. The van der Waals surface area contributed by atoms with Crippen molar-refractivity contribution in [2.24, 2.45) is 0 Å². The molecular formula is C18H16N2O5S. The van der Waals surface area contributed by atoms with Crippen LogP contribution in [-0.2, 0) is 5.75 Å². The number of thioether (sulfide) groups is 1. The normalized spacial score (nSPS) is 12.2. The highest BCUT2D eigenvalue weighted by Crippen LogP contribution is 2.35. The molecule has 0 atom stereocenters. The molecule has 0 unspecified atom stereocenters. The highest BCUT2D eigenvalue weighted by Gasteiger charge is 2.15. The van der Waals surface area contributed by atoms with Crippen LogP contribution in [0.1, 0.15) is 5.56 Å². The first-order valence-electron chi connectivity index (χ1n) is 7.84. The lowest BCUT2D eigenvalue weighted by molar-refractivity contribution is 0.174. The highest BCUT2D eigenvalue weighted by molar-refractivity contribution is 7.98. The van der Waals surface area contributed by atoms with Crippen LogP contribution in [-0.4, -0.2) is 31.2 Å². The predicted octanol–water partition coefficient (Wildman–Crippen LogP) is 3.77. The van der Waals surface area contributed by atoms with E-state index in [9.17, 15) is 0 Å². The molecule has 134 valence electrons.